The maximum atomic E-state index is 11.5. The molecule has 0 saturated heterocycles. The lowest BCUT2D eigenvalue weighted by molar-refractivity contribution is -0.121. The highest BCUT2D eigenvalue weighted by Gasteiger charge is 2.33. The highest BCUT2D eigenvalue weighted by Crippen LogP contribution is 2.13. The number of hydrogen-bond donors (Lipinski definition) is 2. The molecule has 0 aromatic rings. The predicted molar refractivity (Wildman–Crippen MR) is 61.1 cm³/mol. The van der Waals surface area contributed by atoms with Crippen molar-refractivity contribution in [1.29, 1.82) is 0 Å². The number of carbonyl (C=O) groups is 2. The van der Waals surface area contributed by atoms with E-state index in [0.29, 0.717) is 13.1 Å². The lowest BCUT2D eigenvalue weighted by Gasteiger charge is -2.21. The molecule has 0 saturated carbocycles. The van der Waals surface area contributed by atoms with Crippen molar-refractivity contribution in [2.75, 3.05) is 13.1 Å². The standard InChI is InChI=1S/C10H18N4O2/c1-3-5-12-8(15)6-7-9(11)13-10(16)14(7)4-2/h7H,3-6H2,1-2H3,(H,12,15)(H2,11,13,16). The zero-order chi connectivity index (χ0) is 12.1. The molecule has 0 radical (unpaired) electrons. The zero-order valence-electron chi connectivity index (χ0n) is 9.69. The second-order valence-corrected chi connectivity index (χ2v) is 3.68. The number of urea groups is 1. The van der Waals surface area contributed by atoms with Crippen LogP contribution in [-0.4, -0.2) is 41.8 Å². The van der Waals surface area contributed by atoms with Crippen LogP contribution in [-0.2, 0) is 4.79 Å². The summed E-state index contributed by atoms with van der Waals surface area (Å²) in [6.07, 6.45) is 1.07. The molecule has 0 aromatic heterocycles. The van der Waals surface area contributed by atoms with Gasteiger partial charge in [0.1, 0.15) is 5.84 Å². The molecule has 0 aliphatic carbocycles. The summed E-state index contributed by atoms with van der Waals surface area (Å²) >= 11 is 0. The summed E-state index contributed by atoms with van der Waals surface area (Å²) in [5.74, 6) is 0.136. The first kappa shape index (κ1) is 12.5. The van der Waals surface area contributed by atoms with E-state index in [4.69, 9.17) is 5.73 Å². The minimum Gasteiger partial charge on any atom is -0.385 e. The lowest BCUT2D eigenvalue weighted by Crippen LogP contribution is -2.43. The van der Waals surface area contributed by atoms with Crippen LogP contribution in [0.3, 0.4) is 0 Å². The SMILES string of the molecule is CCCNC(=O)CC1C(N)=NC(=O)N1CC. The molecule has 90 valence electrons. The third-order valence-corrected chi connectivity index (χ3v) is 2.48. The molecule has 1 unspecified atom stereocenters. The van der Waals surface area contributed by atoms with Gasteiger partial charge in [-0.3, -0.25) is 4.79 Å². The minimum atomic E-state index is -0.380. The van der Waals surface area contributed by atoms with Crippen molar-refractivity contribution in [2.24, 2.45) is 10.7 Å². The van der Waals surface area contributed by atoms with E-state index in [1.807, 2.05) is 13.8 Å². The number of likely N-dealkylation sites (N-methyl/N-ethyl adjacent to an activating group) is 1. The van der Waals surface area contributed by atoms with E-state index in [2.05, 4.69) is 10.3 Å². The first-order chi connectivity index (χ1) is 7.60. The summed E-state index contributed by atoms with van der Waals surface area (Å²) in [4.78, 5) is 28.0. The van der Waals surface area contributed by atoms with Crippen LogP contribution in [0.1, 0.15) is 26.7 Å². The highest BCUT2D eigenvalue weighted by molar-refractivity contribution is 6.04. The number of aliphatic imine (C=N–C) groups is 1. The van der Waals surface area contributed by atoms with Crippen LogP contribution < -0.4 is 11.1 Å². The van der Waals surface area contributed by atoms with Crippen LogP contribution in [0.4, 0.5) is 4.79 Å². The van der Waals surface area contributed by atoms with Gasteiger partial charge < -0.3 is 16.0 Å². The number of hydrogen-bond acceptors (Lipinski definition) is 3. The number of nitrogens with two attached hydrogens (primary N) is 1. The molecule has 0 fully saturated rings. The molecule has 0 aromatic carbocycles. The maximum absolute atomic E-state index is 11.5. The molecule has 1 aliphatic heterocycles. The Kier molecular flexibility index (Phi) is 4.28. The normalized spacial score (nSPS) is 19.9. The Hall–Kier alpha value is -1.59. The molecule has 3 N–H and O–H groups in total. The largest absolute Gasteiger partial charge is 0.385 e. The van der Waals surface area contributed by atoms with Gasteiger partial charge in [-0.1, -0.05) is 6.92 Å². The number of rotatable bonds is 5. The molecule has 6 heteroatoms. The van der Waals surface area contributed by atoms with Gasteiger partial charge in [0.05, 0.1) is 12.5 Å². The summed E-state index contributed by atoms with van der Waals surface area (Å²) in [5.41, 5.74) is 5.62. The number of amidine groups is 1. The number of carbonyl (C=O) groups excluding carboxylic acids is 2. The first-order valence-electron chi connectivity index (χ1n) is 5.51. The van der Waals surface area contributed by atoms with Crippen molar-refractivity contribution in [3.8, 4) is 0 Å². The summed E-state index contributed by atoms with van der Waals surface area (Å²) in [6.45, 7) is 4.97. The Labute approximate surface area is 94.9 Å². The van der Waals surface area contributed by atoms with E-state index in [0.717, 1.165) is 6.42 Å². The Bertz CT molecular complexity index is 314. The summed E-state index contributed by atoms with van der Waals surface area (Å²) < 4.78 is 0. The second-order valence-electron chi connectivity index (χ2n) is 3.68. The summed E-state index contributed by atoms with van der Waals surface area (Å²) in [5, 5.41) is 2.75. The maximum Gasteiger partial charge on any atom is 0.345 e. The Morgan fingerprint density at radius 2 is 2.25 bits per heavy atom. The van der Waals surface area contributed by atoms with Gasteiger partial charge in [-0.15, -0.1) is 0 Å². The molecule has 1 rings (SSSR count). The molecular weight excluding hydrogens is 208 g/mol. The van der Waals surface area contributed by atoms with E-state index >= 15 is 0 Å². The molecular formula is C10H18N4O2. The third-order valence-electron chi connectivity index (χ3n) is 2.48. The Balaban J connectivity index is 2.55. The average molecular weight is 226 g/mol. The topological polar surface area (TPSA) is 87.8 Å². The van der Waals surface area contributed by atoms with Gasteiger partial charge in [-0.25, -0.2) is 4.79 Å². The van der Waals surface area contributed by atoms with E-state index in [-0.39, 0.29) is 30.2 Å². The molecule has 0 bridgehead atoms. The first-order valence-corrected chi connectivity index (χ1v) is 5.51. The van der Waals surface area contributed by atoms with Crippen LogP contribution in [0, 0.1) is 0 Å². The van der Waals surface area contributed by atoms with E-state index in [1.165, 1.54) is 4.90 Å². The molecule has 1 heterocycles. The van der Waals surface area contributed by atoms with Crippen LogP contribution in [0.5, 0.6) is 0 Å². The molecule has 1 aliphatic rings. The lowest BCUT2D eigenvalue weighted by atomic mass is 10.1. The van der Waals surface area contributed by atoms with Crippen molar-refractivity contribution >= 4 is 17.8 Å². The molecule has 3 amide bonds. The van der Waals surface area contributed by atoms with Gasteiger partial charge in [-0.2, -0.15) is 4.99 Å². The Morgan fingerprint density at radius 3 is 2.81 bits per heavy atom. The highest BCUT2D eigenvalue weighted by atomic mass is 16.2. The average Bonchev–Trinajstić information content (AvgIpc) is 2.50. The van der Waals surface area contributed by atoms with Gasteiger partial charge in [-0.05, 0) is 13.3 Å². The van der Waals surface area contributed by atoms with Crippen LogP contribution >= 0.6 is 0 Å². The van der Waals surface area contributed by atoms with Crippen LogP contribution in [0.25, 0.3) is 0 Å². The van der Waals surface area contributed by atoms with Crippen molar-refractivity contribution in [3.05, 3.63) is 0 Å². The van der Waals surface area contributed by atoms with E-state index in [9.17, 15) is 9.59 Å². The van der Waals surface area contributed by atoms with Gasteiger partial charge >= 0.3 is 6.03 Å². The summed E-state index contributed by atoms with van der Waals surface area (Å²) in [7, 11) is 0. The summed E-state index contributed by atoms with van der Waals surface area (Å²) in [6, 6.07) is -0.734. The molecule has 0 spiro atoms. The molecule has 16 heavy (non-hydrogen) atoms. The van der Waals surface area contributed by atoms with Crippen molar-refractivity contribution < 1.29 is 9.59 Å². The second kappa shape index (κ2) is 5.48. The van der Waals surface area contributed by atoms with Gasteiger partial charge in [0.25, 0.3) is 0 Å². The smallest absolute Gasteiger partial charge is 0.345 e. The Morgan fingerprint density at radius 1 is 1.56 bits per heavy atom. The van der Waals surface area contributed by atoms with Gasteiger partial charge in [0, 0.05) is 13.1 Å². The minimum absolute atomic E-state index is 0.0989. The van der Waals surface area contributed by atoms with Crippen molar-refractivity contribution in [2.45, 2.75) is 32.7 Å². The van der Waals surface area contributed by atoms with Crippen molar-refractivity contribution in [3.63, 3.8) is 0 Å². The number of nitrogens with one attached hydrogen (secondary N) is 1. The van der Waals surface area contributed by atoms with E-state index in [1.54, 1.807) is 0 Å². The van der Waals surface area contributed by atoms with E-state index < -0.39 is 0 Å². The zero-order valence-corrected chi connectivity index (χ0v) is 9.69. The van der Waals surface area contributed by atoms with Gasteiger partial charge in [0.15, 0.2) is 0 Å². The van der Waals surface area contributed by atoms with Gasteiger partial charge in [0.2, 0.25) is 5.91 Å². The number of amides is 3. The van der Waals surface area contributed by atoms with Crippen LogP contribution in [0.2, 0.25) is 0 Å². The van der Waals surface area contributed by atoms with Crippen molar-refractivity contribution in [1.82, 2.24) is 10.2 Å². The fourth-order valence-electron chi connectivity index (χ4n) is 1.62. The van der Waals surface area contributed by atoms with Crippen LogP contribution in [0.15, 0.2) is 4.99 Å². The molecule has 1 atom stereocenters. The fourth-order valence-corrected chi connectivity index (χ4v) is 1.62. The fraction of sp³-hybridized carbons (Fsp3) is 0.700. The third kappa shape index (κ3) is 2.71. The quantitative estimate of drug-likeness (QED) is 0.696. The predicted octanol–water partition coefficient (Wildman–Crippen LogP) is 0.0840. The monoisotopic (exact) mass is 226 g/mol. The molecule has 6 nitrogen and oxygen atoms in total. The number of nitrogens with zero attached hydrogens (tertiary/aromatic N) is 2.